The molecular weight excluding hydrogens is 588 g/mol. The third kappa shape index (κ3) is 6.96. The lowest BCUT2D eigenvalue weighted by Crippen LogP contribution is -2.16. The summed E-state index contributed by atoms with van der Waals surface area (Å²) in [6, 6.07) is 14.3. The molecule has 1 amide bonds. The molecule has 0 unspecified atom stereocenters. The highest BCUT2D eigenvalue weighted by atomic mass is 79.9. The van der Waals surface area contributed by atoms with Crippen molar-refractivity contribution in [2.24, 2.45) is 0 Å². The van der Waals surface area contributed by atoms with Crippen molar-refractivity contribution in [3.8, 4) is 23.3 Å². The molecule has 0 aliphatic rings. The molecule has 0 spiro atoms. The number of anilines is 2. The molecule has 0 atom stereocenters. The van der Waals surface area contributed by atoms with Crippen LogP contribution >= 0.6 is 27.7 Å². The minimum Gasteiger partial charge on any atom is -0.481 e. The normalized spacial score (nSPS) is 11.1. The number of thioether (sulfide) groups is 1. The van der Waals surface area contributed by atoms with Crippen LogP contribution in [0.3, 0.4) is 0 Å². The van der Waals surface area contributed by atoms with Crippen LogP contribution in [0.1, 0.15) is 0 Å². The van der Waals surface area contributed by atoms with Gasteiger partial charge in [0.25, 0.3) is 15.2 Å². The average molecular weight is 607 g/mol. The molecule has 0 bridgehead atoms. The number of sulfonamides is 1. The van der Waals surface area contributed by atoms with Crippen molar-refractivity contribution in [1.82, 2.24) is 20.2 Å². The Labute approximate surface area is 224 Å². The molecule has 2 heterocycles. The zero-order valence-corrected chi connectivity index (χ0v) is 22.6. The number of aromatic nitrogens is 4. The molecule has 0 saturated carbocycles. The fourth-order valence-electron chi connectivity index (χ4n) is 2.87. The molecule has 0 saturated heterocycles. The summed E-state index contributed by atoms with van der Waals surface area (Å²) < 4.78 is 44.3. The Kier molecular flexibility index (Phi) is 8.25. The fourth-order valence-corrected chi connectivity index (χ4v) is 4.69. The number of amides is 1. The van der Waals surface area contributed by atoms with Gasteiger partial charge < -0.3 is 19.2 Å². The number of nitrogens with one attached hydrogen (secondary N) is 2. The molecule has 0 aliphatic carbocycles. The van der Waals surface area contributed by atoms with E-state index in [-0.39, 0.29) is 39.5 Å². The van der Waals surface area contributed by atoms with Crippen molar-refractivity contribution in [3.63, 3.8) is 0 Å². The number of hydrogen-bond donors (Lipinski definition) is 2. The molecule has 12 nitrogen and oxygen atoms in total. The number of rotatable bonds is 10. The number of methoxy groups -OCH3 is 2. The highest BCUT2D eigenvalue weighted by Gasteiger charge is 2.17. The predicted molar refractivity (Wildman–Crippen MR) is 139 cm³/mol. The average Bonchev–Trinajstić information content (AvgIpc) is 3.37. The second-order valence-electron chi connectivity index (χ2n) is 7.13. The van der Waals surface area contributed by atoms with E-state index >= 15 is 0 Å². The van der Waals surface area contributed by atoms with Gasteiger partial charge in [-0.1, -0.05) is 27.7 Å². The van der Waals surface area contributed by atoms with E-state index in [0.29, 0.717) is 11.6 Å². The number of ether oxygens (including phenoxy) is 2. The van der Waals surface area contributed by atoms with Crippen molar-refractivity contribution in [2.45, 2.75) is 10.1 Å². The standard InChI is InChI=1S/C22H19BrN6O6S2/c1-33-19-11-17(25-21(26-19)34-2)29-37(31,32)16-9-7-15(8-10-16)24-18(30)12-36-22-28-27-20(35-22)13-3-5-14(23)6-4-13/h3-11H,12H2,1-2H3,(H,24,30)(H,25,26,29). The summed E-state index contributed by atoms with van der Waals surface area (Å²) in [5, 5.41) is 10.9. The van der Waals surface area contributed by atoms with Gasteiger partial charge in [0, 0.05) is 21.8 Å². The zero-order valence-electron chi connectivity index (χ0n) is 19.3. The van der Waals surface area contributed by atoms with Crippen molar-refractivity contribution in [1.29, 1.82) is 0 Å². The lowest BCUT2D eigenvalue weighted by Gasteiger charge is -2.10. The summed E-state index contributed by atoms with van der Waals surface area (Å²) >= 11 is 4.45. The minimum absolute atomic E-state index is 0.0148. The van der Waals surface area contributed by atoms with E-state index in [1.807, 2.05) is 24.3 Å². The van der Waals surface area contributed by atoms with Crippen LogP contribution in [-0.2, 0) is 14.8 Å². The Bertz CT molecular complexity index is 1470. The Hall–Kier alpha value is -3.69. The number of hydrogen-bond acceptors (Lipinski definition) is 11. The predicted octanol–water partition coefficient (Wildman–Crippen LogP) is 3.84. The van der Waals surface area contributed by atoms with Gasteiger partial charge >= 0.3 is 6.01 Å². The third-order valence-electron chi connectivity index (χ3n) is 4.59. The first-order valence-corrected chi connectivity index (χ1v) is 13.6. The first-order chi connectivity index (χ1) is 17.8. The van der Waals surface area contributed by atoms with Crippen LogP contribution in [0.15, 0.2) is 73.6 Å². The van der Waals surface area contributed by atoms with Crippen LogP contribution in [-0.4, -0.2) is 54.5 Å². The van der Waals surface area contributed by atoms with Crippen molar-refractivity contribution >= 4 is 55.1 Å². The summed E-state index contributed by atoms with van der Waals surface area (Å²) in [5.41, 5.74) is 1.17. The third-order valence-corrected chi connectivity index (χ3v) is 7.30. The topological polar surface area (TPSA) is 158 Å². The zero-order chi connectivity index (χ0) is 26.4. The number of halogens is 1. The van der Waals surface area contributed by atoms with Gasteiger partial charge in [0.2, 0.25) is 17.7 Å². The van der Waals surface area contributed by atoms with E-state index in [4.69, 9.17) is 13.9 Å². The highest BCUT2D eigenvalue weighted by Crippen LogP contribution is 2.25. The lowest BCUT2D eigenvalue weighted by atomic mass is 10.2. The van der Waals surface area contributed by atoms with Crippen LogP contribution in [0.2, 0.25) is 0 Å². The molecule has 2 N–H and O–H groups in total. The molecule has 0 radical (unpaired) electrons. The SMILES string of the molecule is COc1cc(NS(=O)(=O)c2ccc(NC(=O)CSc3nnc(-c4ccc(Br)cc4)o3)cc2)nc(OC)n1. The van der Waals surface area contributed by atoms with Gasteiger partial charge in [0.1, 0.15) is 0 Å². The van der Waals surface area contributed by atoms with E-state index in [1.54, 1.807) is 0 Å². The molecule has 4 aromatic rings. The summed E-state index contributed by atoms with van der Waals surface area (Å²) in [4.78, 5) is 20.2. The minimum atomic E-state index is -3.98. The number of nitrogens with zero attached hydrogens (tertiary/aromatic N) is 4. The number of carbonyl (C=O) groups excluding carboxylic acids is 1. The maximum atomic E-state index is 12.7. The summed E-state index contributed by atoms with van der Waals surface area (Å²) in [7, 11) is -1.24. The van der Waals surface area contributed by atoms with Crippen molar-refractivity contribution in [2.75, 3.05) is 30.0 Å². The van der Waals surface area contributed by atoms with Crippen LogP contribution in [0.4, 0.5) is 11.5 Å². The van der Waals surface area contributed by atoms with E-state index in [1.165, 1.54) is 44.6 Å². The lowest BCUT2D eigenvalue weighted by molar-refractivity contribution is -0.113. The Morgan fingerprint density at radius 1 is 1.03 bits per heavy atom. The molecule has 2 aromatic carbocycles. The molecule has 0 fully saturated rings. The van der Waals surface area contributed by atoms with E-state index in [0.717, 1.165) is 21.8 Å². The van der Waals surface area contributed by atoms with Gasteiger partial charge in [-0.05, 0) is 48.5 Å². The second-order valence-corrected chi connectivity index (χ2v) is 10.7. The highest BCUT2D eigenvalue weighted by molar-refractivity contribution is 9.10. The van der Waals surface area contributed by atoms with Gasteiger partial charge in [-0.15, -0.1) is 10.2 Å². The van der Waals surface area contributed by atoms with Crippen LogP contribution < -0.4 is 19.5 Å². The molecule has 192 valence electrons. The van der Waals surface area contributed by atoms with Crippen LogP contribution in [0.25, 0.3) is 11.5 Å². The molecule has 4 rings (SSSR count). The van der Waals surface area contributed by atoms with E-state index < -0.39 is 10.0 Å². The molecule has 37 heavy (non-hydrogen) atoms. The van der Waals surface area contributed by atoms with E-state index in [9.17, 15) is 13.2 Å². The smallest absolute Gasteiger partial charge is 0.321 e. The molecule has 2 aromatic heterocycles. The summed E-state index contributed by atoms with van der Waals surface area (Å²) in [5.74, 6) is 0.135. The largest absolute Gasteiger partial charge is 0.481 e. The maximum absolute atomic E-state index is 12.7. The summed E-state index contributed by atoms with van der Waals surface area (Å²) in [6.45, 7) is 0. The van der Waals surface area contributed by atoms with Gasteiger partial charge in [-0.2, -0.15) is 9.97 Å². The Morgan fingerprint density at radius 2 is 1.76 bits per heavy atom. The first kappa shape index (κ1) is 26.4. The van der Waals surface area contributed by atoms with Crippen LogP contribution in [0.5, 0.6) is 11.9 Å². The second kappa shape index (κ2) is 11.6. The fraction of sp³-hybridized carbons (Fsp3) is 0.136. The molecule has 15 heteroatoms. The number of carbonyl (C=O) groups is 1. The van der Waals surface area contributed by atoms with Gasteiger partial charge in [0.15, 0.2) is 5.82 Å². The van der Waals surface area contributed by atoms with Crippen molar-refractivity contribution in [3.05, 3.63) is 59.1 Å². The van der Waals surface area contributed by atoms with Crippen molar-refractivity contribution < 1.29 is 27.1 Å². The monoisotopic (exact) mass is 606 g/mol. The first-order valence-electron chi connectivity index (χ1n) is 10.4. The summed E-state index contributed by atoms with van der Waals surface area (Å²) in [6.07, 6.45) is 0. The van der Waals surface area contributed by atoms with Gasteiger partial charge in [-0.25, -0.2) is 8.42 Å². The van der Waals surface area contributed by atoms with Gasteiger partial charge in [0.05, 0.1) is 24.9 Å². The molecular formula is C22H19BrN6O6S2. The molecule has 0 aliphatic heterocycles. The van der Waals surface area contributed by atoms with Crippen LogP contribution in [0, 0.1) is 0 Å². The van der Waals surface area contributed by atoms with Gasteiger partial charge in [-0.3, -0.25) is 9.52 Å². The number of benzene rings is 2. The Balaban J connectivity index is 1.34. The quantitative estimate of drug-likeness (QED) is 0.252. The Morgan fingerprint density at radius 3 is 2.43 bits per heavy atom. The van der Waals surface area contributed by atoms with E-state index in [2.05, 4.69) is 46.1 Å². The maximum Gasteiger partial charge on any atom is 0.321 e.